The van der Waals surface area contributed by atoms with E-state index in [9.17, 15) is 5.11 Å². The molecule has 0 saturated carbocycles. The van der Waals surface area contributed by atoms with Crippen molar-refractivity contribution in [2.45, 2.75) is 26.8 Å². The summed E-state index contributed by atoms with van der Waals surface area (Å²) in [7, 11) is 0. The average Bonchev–Trinajstić information content (AvgIpc) is 3.07. The van der Waals surface area contributed by atoms with Crippen LogP contribution < -0.4 is 5.32 Å². The van der Waals surface area contributed by atoms with Gasteiger partial charge in [-0.05, 0) is 56.7 Å². The molecule has 0 bridgehead atoms. The number of phenols is 1. The lowest BCUT2D eigenvalue weighted by Crippen LogP contribution is -2.12. The second kappa shape index (κ2) is 7.00. The fourth-order valence-corrected chi connectivity index (χ4v) is 4.14. The van der Waals surface area contributed by atoms with E-state index >= 15 is 0 Å². The number of aromatic nitrogens is 2. The molecule has 1 atom stereocenters. The molecule has 0 aliphatic carbocycles. The van der Waals surface area contributed by atoms with Gasteiger partial charge < -0.3 is 10.4 Å². The summed E-state index contributed by atoms with van der Waals surface area (Å²) in [6, 6.07) is 15.9. The second-order valence-electron chi connectivity index (χ2n) is 6.77. The summed E-state index contributed by atoms with van der Waals surface area (Å²) < 4.78 is 0. The lowest BCUT2D eigenvalue weighted by atomic mass is 10.0. The van der Waals surface area contributed by atoms with Gasteiger partial charge in [0, 0.05) is 32.6 Å². The number of fused-ring (bicyclic) bond motifs is 1. The van der Waals surface area contributed by atoms with Crippen LogP contribution in [0.15, 0.2) is 54.7 Å². The maximum atomic E-state index is 11.0. The van der Waals surface area contributed by atoms with Gasteiger partial charge in [0.1, 0.15) is 17.1 Å². The van der Waals surface area contributed by atoms with Gasteiger partial charge in [-0.25, -0.2) is 9.97 Å². The monoisotopic (exact) mass is 375 g/mol. The van der Waals surface area contributed by atoms with Crippen LogP contribution in [0.3, 0.4) is 0 Å². The van der Waals surface area contributed by atoms with Crippen LogP contribution in [0.5, 0.6) is 5.75 Å². The Morgan fingerprint density at radius 1 is 1.00 bits per heavy atom. The Hall–Kier alpha value is -2.92. The Balaban J connectivity index is 1.85. The zero-order chi connectivity index (χ0) is 19.0. The van der Waals surface area contributed by atoms with E-state index in [1.165, 1.54) is 4.88 Å². The number of phenolic OH excluding ortho intramolecular Hbond substituents is 1. The highest BCUT2D eigenvalue weighted by Gasteiger charge is 2.22. The summed E-state index contributed by atoms with van der Waals surface area (Å²) in [6.45, 7) is 6.05. The van der Waals surface area contributed by atoms with Gasteiger partial charge in [-0.2, -0.15) is 0 Å². The second-order valence-corrected chi connectivity index (χ2v) is 8.09. The molecule has 0 fully saturated rings. The largest absolute Gasteiger partial charge is 0.505 e. The van der Waals surface area contributed by atoms with Gasteiger partial charge in [0.15, 0.2) is 0 Å². The molecule has 1 aromatic carbocycles. The van der Waals surface area contributed by atoms with Gasteiger partial charge in [0.25, 0.3) is 0 Å². The van der Waals surface area contributed by atoms with E-state index in [1.54, 1.807) is 17.5 Å². The van der Waals surface area contributed by atoms with Crippen LogP contribution in [0.1, 0.15) is 32.6 Å². The van der Waals surface area contributed by atoms with E-state index < -0.39 is 0 Å². The molecule has 2 N–H and O–H groups in total. The number of aryl methyl sites for hydroxylation is 3. The molecule has 0 radical (unpaired) electrons. The number of thiophene rings is 1. The minimum Gasteiger partial charge on any atom is -0.505 e. The summed E-state index contributed by atoms with van der Waals surface area (Å²) in [5.41, 5.74) is 3.44. The minimum absolute atomic E-state index is 0.204. The van der Waals surface area contributed by atoms with Crippen molar-refractivity contribution in [3.8, 4) is 5.75 Å². The zero-order valence-corrected chi connectivity index (χ0v) is 16.3. The molecule has 0 aliphatic rings. The average molecular weight is 375 g/mol. The number of nitrogens with zero attached hydrogens (tertiary/aromatic N) is 2. The van der Waals surface area contributed by atoms with Crippen LogP contribution in [0, 0.1) is 20.8 Å². The molecule has 0 spiro atoms. The van der Waals surface area contributed by atoms with Gasteiger partial charge in [-0.15, -0.1) is 11.3 Å². The van der Waals surface area contributed by atoms with Crippen LogP contribution in [-0.4, -0.2) is 15.1 Å². The number of nitrogens with one attached hydrogen (secondary N) is 1. The smallest absolute Gasteiger partial charge is 0.147 e. The lowest BCUT2D eigenvalue weighted by molar-refractivity contribution is 0.472. The third kappa shape index (κ3) is 3.51. The molecular formula is C22H21N3OS. The number of pyridine rings is 2. The Morgan fingerprint density at radius 3 is 2.56 bits per heavy atom. The number of hydrogen-bond donors (Lipinski definition) is 2. The van der Waals surface area contributed by atoms with E-state index in [0.29, 0.717) is 5.52 Å². The maximum Gasteiger partial charge on any atom is 0.147 e. The van der Waals surface area contributed by atoms with E-state index in [1.807, 2.05) is 50.2 Å². The molecule has 3 aromatic heterocycles. The van der Waals surface area contributed by atoms with Gasteiger partial charge in [-0.3, -0.25) is 0 Å². The molecule has 5 heteroatoms. The molecule has 0 amide bonds. The standard InChI is InChI=1S/C22H21N3OS/c1-13-10-11-23-19(12-13)25-21(18-9-5-15(3)27-18)17-8-7-16-6-4-14(2)24-20(16)22(17)26/h4-12,21,26H,1-3H3,(H,23,25)/t21-/m0/s1. The van der Waals surface area contributed by atoms with Crippen molar-refractivity contribution in [2.75, 3.05) is 5.32 Å². The first-order valence-corrected chi connectivity index (χ1v) is 9.67. The molecular weight excluding hydrogens is 354 g/mol. The highest BCUT2D eigenvalue weighted by Crippen LogP contribution is 2.38. The number of hydrogen-bond acceptors (Lipinski definition) is 5. The fourth-order valence-electron chi connectivity index (χ4n) is 3.19. The van der Waals surface area contributed by atoms with Crippen molar-refractivity contribution in [1.82, 2.24) is 9.97 Å². The van der Waals surface area contributed by atoms with E-state index in [0.717, 1.165) is 32.9 Å². The SMILES string of the molecule is Cc1ccnc(N[C@H](c2ccc(C)s2)c2ccc3ccc(C)nc3c2O)c1. The topological polar surface area (TPSA) is 58.0 Å². The highest BCUT2D eigenvalue weighted by atomic mass is 32.1. The minimum atomic E-state index is -0.204. The lowest BCUT2D eigenvalue weighted by Gasteiger charge is -2.21. The Kier molecular flexibility index (Phi) is 4.54. The van der Waals surface area contributed by atoms with Crippen molar-refractivity contribution in [3.63, 3.8) is 0 Å². The predicted octanol–water partition coefficient (Wildman–Crippen LogP) is 5.52. The first-order valence-electron chi connectivity index (χ1n) is 8.86. The third-order valence-corrected chi connectivity index (χ3v) is 5.64. The van der Waals surface area contributed by atoms with Crippen molar-refractivity contribution >= 4 is 28.1 Å². The first kappa shape index (κ1) is 17.5. The van der Waals surface area contributed by atoms with Crippen molar-refractivity contribution in [2.24, 2.45) is 0 Å². The molecule has 27 heavy (non-hydrogen) atoms. The van der Waals surface area contributed by atoms with E-state index in [2.05, 4.69) is 34.3 Å². The molecule has 0 saturated heterocycles. The maximum absolute atomic E-state index is 11.0. The Morgan fingerprint density at radius 2 is 1.81 bits per heavy atom. The molecule has 4 rings (SSSR count). The molecule has 4 aromatic rings. The van der Waals surface area contributed by atoms with Crippen molar-refractivity contribution in [1.29, 1.82) is 0 Å². The van der Waals surface area contributed by atoms with Gasteiger partial charge in [0.2, 0.25) is 0 Å². The number of anilines is 1. The Bertz CT molecular complexity index is 1120. The van der Waals surface area contributed by atoms with Crippen LogP contribution in [0.2, 0.25) is 0 Å². The number of rotatable bonds is 4. The fraction of sp³-hybridized carbons (Fsp3) is 0.182. The molecule has 136 valence electrons. The molecule has 4 nitrogen and oxygen atoms in total. The zero-order valence-electron chi connectivity index (χ0n) is 15.5. The predicted molar refractivity (Wildman–Crippen MR) is 112 cm³/mol. The molecule has 3 heterocycles. The van der Waals surface area contributed by atoms with Gasteiger partial charge in [0.05, 0.1) is 6.04 Å². The van der Waals surface area contributed by atoms with Crippen LogP contribution in [0.25, 0.3) is 10.9 Å². The van der Waals surface area contributed by atoms with Crippen LogP contribution in [-0.2, 0) is 0 Å². The van der Waals surface area contributed by atoms with E-state index in [4.69, 9.17) is 0 Å². The number of aromatic hydroxyl groups is 1. The van der Waals surface area contributed by atoms with Crippen molar-refractivity contribution in [3.05, 3.63) is 81.3 Å². The van der Waals surface area contributed by atoms with Crippen LogP contribution >= 0.6 is 11.3 Å². The quantitative estimate of drug-likeness (QED) is 0.493. The third-order valence-electron chi connectivity index (χ3n) is 4.57. The highest BCUT2D eigenvalue weighted by molar-refractivity contribution is 7.12. The van der Waals surface area contributed by atoms with Crippen LogP contribution in [0.4, 0.5) is 5.82 Å². The van der Waals surface area contributed by atoms with Gasteiger partial charge in [-0.1, -0.05) is 18.2 Å². The summed E-state index contributed by atoms with van der Waals surface area (Å²) in [4.78, 5) is 11.3. The summed E-state index contributed by atoms with van der Waals surface area (Å²) in [6.07, 6.45) is 1.79. The summed E-state index contributed by atoms with van der Waals surface area (Å²) >= 11 is 1.71. The molecule has 0 unspecified atom stereocenters. The molecule has 0 aliphatic heterocycles. The van der Waals surface area contributed by atoms with E-state index in [-0.39, 0.29) is 11.8 Å². The van der Waals surface area contributed by atoms with Crippen molar-refractivity contribution < 1.29 is 5.11 Å². The summed E-state index contributed by atoms with van der Waals surface area (Å²) in [5.74, 6) is 0.996. The Labute approximate surface area is 162 Å². The summed E-state index contributed by atoms with van der Waals surface area (Å²) in [5, 5.41) is 15.5. The number of benzene rings is 1. The first-order chi connectivity index (χ1) is 13.0. The normalized spacial score (nSPS) is 12.3. The van der Waals surface area contributed by atoms with Gasteiger partial charge >= 0.3 is 0 Å².